The Balaban J connectivity index is 0.00000400. The van der Waals surface area contributed by atoms with Gasteiger partial charge in [-0.1, -0.05) is 6.07 Å². The van der Waals surface area contributed by atoms with E-state index in [9.17, 15) is 0 Å². The molecule has 0 saturated carbocycles. The third-order valence-corrected chi connectivity index (χ3v) is 2.86. The molecule has 0 aliphatic rings. The zero-order valence-corrected chi connectivity index (χ0v) is 15.5. The van der Waals surface area contributed by atoms with E-state index in [4.69, 9.17) is 4.74 Å². The minimum atomic E-state index is 0. The van der Waals surface area contributed by atoms with Crippen LogP contribution in [0.1, 0.15) is 24.6 Å². The van der Waals surface area contributed by atoms with E-state index in [1.165, 1.54) is 5.56 Å². The quantitative estimate of drug-likeness (QED) is 0.301. The van der Waals surface area contributed by atoms with Crippen LogP contribution in [0.25, 0.3) is 0 Å². The second-order valence-electron chi connectivity index (χ2n) is 4.53. The number of nitrogens with one attached hydrogen (secondary N) is 2. The van der Waals surface area contributed by atoms with Crippen molar-refractivity contribution in [3.05, 3.63) is 29.6 Å². The molecule has 0 bridgehead atoms. The highest BCUT2D eigenvalue weighted by molar-refractivity contribution is 14.0. The molecule has 0 radical (unpaired) electrons. The Labute approximate surface area is 145 Å². The van der Waals surface area contributed by atoms with Crippen LogP contribution in [0.3, 0.4) is 0 Å². The van der Waals surface area contributed by atoms with Gasteiger partial charge in [-0.05, 0) is 38.3 Å². The van der Waals surface area contributed by atoms with Crippen molar-refractivity contribution >= 4 is 29.9 Å². The molecule has 0 aromatic carbocycles. The van der Waals surface area contributed by atoms with E-state index < -0.39 is 0 Å². The normalized spacial score (nSPS) is 10.9. The molecule has 0 unspecified atom stereocenters. The Hall–Kier alpha value is -0.890. The first-order chi connectivity index (χ1) is 9.76. The van der Waals surface area contributed by atoms with Gasteiger partial charge in [-0.25, -0.2) is 0 Å². The average Bonchev–Trinajstić information content (AvgIpc) is 2.47. The molecule has 1 aromatic rings. The third kappa shape index (κ3) is 9.62. The van der Waals surface area contributed by atoms with E-state index in [1.807, 2.05) is 26.1 Å². The van der Waals surface area contributed by atoms with Crippen LogP contribution in [0.15, 0.2) is 23.3 Å². The van der Waals surface area contributed by atoms with Crippen LogP contribution < -0.4 is 10.6 Å². The molecule has 1 heterocycles. The highest BCUT2D eigenvalue weighted by Gasteiger charge is 1.98. The molecule has 0 spiro atoms. The maximum atomic E-state index is 5.29. The average molecular weight is 406 g/mol. The number of hydrogen-bond acceptors (Lipinski definition) is 3. The smallest absolute Gasteiger partial charge is 0.190 e. The van der Waals surface area contributed by atoms with E-state index >= 15 is 0 Å². The number of halogens is 1. The third-order valence-electron chi connectivity index (χ3n) is 2.86. The summed E-state index contributed by atoms with van der Waals surface area (Å²) in [7, 11) is 1.78. The fourth-order valence-corrected chi connectivity index (χ4v) is 1.72. The van der Waals surface area contributed by atoms with Gasteiger partial charge < -0.3 is 15.4 Å². The summed E-state index contributed by atoms with van der Waals surface area (Å²) in [5.41, 5.74) is 2.28. The van der Waals surface area contributed by atoms with Gasteiger partial charge in [-0.15, -0.1) is 24.0 Å². The fourth-order valence-electron chi connectivity index (χ4n) is 1.72. The van der Waals surface area contributed by atoms with Crippen molar-refractivity contribution in [3.8, 4) is 0 Å². The topological polar surface area (TPSA) is 58.5 Å². The van der Waals surface area contributed by atoms with Crippen LogP contribution in [-0.2, 0) is 11.2 Å². The Morgan fingerprint density at radius 3 is 2.67 bits per heavy atom. The first-order valence-corrected chi connectivity index (χ1v) is 7.20. The van der Waals surface area contributed by atoms with Crippen LogP contribution in [0.2, 0.25) is 0 Å². The van der Waals surface area contributed by atoms with E-state index in [0.717, 1.165) is 50.8 Å². The molecule has 2 N–H and O–H groups in total. The summed E-state index contributed by atoms with van der Waals surface area (Å²) in [5.74, 6) is 0.835. The van der Waals surface area contributed by atoms with Gasteiger partial charge in [-0.2, -0.15) is 0 Å². The van der Waals surface area contributed by atoms with Crippen molar-refractivity contribution in [2.24, 2.45) is 4.99 Å². The highest BCUT2D eigenvalue weighted by atomic mass is 127. The number of rotatable bonds is 8. The molecule has 0 atom stereocenters. The number of aromatic nitrogens is 1. The lowest BCUT2D eigenvalue weighted by Crippen LogP contribution is -2.39. The lowest BCUT2D eigenvalue weighted by atomic mass is 10.2. The predicted molar refractivity (Wildman–Crippen MR) is 98.6 cm³/mol. The number of ether oxygens (including phenoxy) is 1. The number of nitrogens with zero attached hydrogens (tertiary/aromatic N) is 2. The first kappa shape index (κ1) is 20.1. The minimum Gasteiger partial charge on any atom is -0.382 e. The van der Waals surface area contributed by atoms with E-state index in [1.54, 1.807) is 7.05 Å². The van der Waals surface area contributed by atoms with Crippen LogP contribution >= 0.6 is 24.0 Å². The van der Waals surface area contributed by atoms with E-state index in [2.05, 4.69) is 26.7 Å². The van der Waals surface area contributed by atoms with Crippen molar-refractivity contribution in [2.45, 2.75) is 26.7 Å². The van der Waals surface area contributed by atoms with Crippen molar-refractivity contribution < 1.29 is 4.74 Å². The molecule has 0 saturated heterocycles. The molecule has 6 heteroatoms. The minimum absolute atomic E-state index is 0. The highest BCUT2D eigenvalue weighted by Crippen LogP contribution is 1.99. The maximum Gasteiger partial charge on any atom is 0.190 e. The van der Waals surface area contributed by atoms with Gasteiger partial charge in [0.2, 0.25) is 0 Å². The lowest BCUT2D eigenvalue weighted by molar-refractivity contribution is 0.145. The summed E-state index contributed by atoms with van der Waals surface area (Å²) >= 11 is 0. The second-order valence-corrected chi connectivity index (χ2v) is 4.53. The summed E-state index contributed by atoms with van der Waals surface area (Å²) in [4.78, 5) is 8.48. The fraction of sp³-hybridized carbons (Fsp3) is 0.600. The van der Waals surface area contributed by atoms with Crippen molar-refractivity contribution in [3.63, 3.8) is 0 Å². The number of pyridine rings is 1. The molecule has 120 valence electrons. The molecule has 21 heavy (non-hydrogen) atoms. The maximum absolute atomic E-state index is 5.29. The van der Waals surface area contributed by atoms with Gasteiger partial charge >= 0.3 is 0 Å². The molecular weight excluding hydrogens is 379 g/mol. The first-order valence-electron chi connectivity index (χ1n) is 7.20. The summed E-state index contributed by atoms with van der Waals surface area (Å²) in [6.07, 6.45) is 3.85. The largest absolute Gasteiger partial charge is 0.382 e. The van der Waals surface area contributed by atoms with Crippen LogP contribution in [0.4, 0.5) is 0 Å². The number of aryl methyl sites for hydroxylation is 1. The van der Waals surface area contributed by atoms with Crippen molar-refractivity contribution in [1.29, 1.82) is 0 Å². The van der Waals surface area contributed by atoms with Gasteiger partial charge in [0.25, 0.3) is 0 Å². The number of hydrogen-bond donors (Lipinski definition) is 2. The van der Waals surface area contributed by atoms with Gasteiger partial charge in [0.05, 0.1) is 0 Å². The van der Waals surface area contributed by atoms with Crippen molar-refractivity contribution in [2.75, 3.05) is 33.4 Å². The molecule has 0 aliphatic heterocycles. The molecule has 0 amide bonds. The predicted octanol–water partition coefficient (Wildman–Crippen LogP) is 2.14. The molecule has 1 rings (SSSR count). The van der Waals surface area contributed by atoms with Crippen molar-refractivity contribution in [1.82, 2.24) is 15.6 Å². The summed E-state index contributed by atoms with van der Waals surface area (Å²) in [5, 5.41) is 6.56. The number of guanidine groups is 1. The standard InChI is InChI=1S/C15H26N4O.HI/c1-4-20-11-5-9-17-15(16-3)18-10-8-14-7-6-13(2)19-12-14;/h6-7,12H,4-5,8-11H2,1-3H3,(H2,16,17,18);1H. The Morgan fingerprint density at radius 1 is 1.29 bits per heavy atom. The number of aliphatic imine (C=N–C) groups is 1. The van der Waals surface area contributed by atoms with Crippen LogP contribution in [0.5, 0.6) is 0 Å². The lowest BCUT2D eigenvalue weighted by Gasteiger charge is -2.11. The van der Waals surface area contributed by atoms with Crippen LogP contribution in [-0.4, -0.2) is 44.3 Å². The molecular formula is C15H27IN4O. The molecule has 0 aliphatic carbocycles. The van der Waals surface area contributed by atoms with Gasteiger partial charge in [0.15, 0.2) is 5.96 Å². The molecule has 0 fully saturated rings. The Kier molecular flexibility index (Phi) is 12.3. The van der Waals surface area contributed by atoms with Gasteiger partial charge in [-0.3, -0.25) is 9.98 Å². The van der Waals surface area contributed by atoms with Gasteiger partial charge in [0.1, 0.15) is 0 Å². The zero-order valence-electron chi connectivity index (χ0n) is 13.2. The second kappa shape index (κ2) is 12.8. The van der Waals surface area contributed by atoms with E-state index in [-0.39, 0.29) is 24.0 Å². The van der Waals surface area contributed by atoms with E-state index in [0.29, 0.717) is 0 Å². The van der Waals surface area contributed by atoms with Crippen LogP contribution in [0, 0.1) is 6.92 Å². The van der Waals surface area contributed by atoms with Gasteiger partial charge in [0, 0.05) is 45.2 Å². The molecule has 5 nitrogen and oxygen atoms in total. The summed E-state index contributed by atoms with van der Waals surface area (Å²) in [6, 6.07) is 4.15. The SMILES string of the molecule is CCOCCCNC(=NC)NCCc1ccc(C)nc1.I. The Morgan fingerprint density at radius 2 is 2.05 bits per heavy atom. The summed E-state index contributed by atoms with van der Waals surface area (Å²) < 4.78 is 5.29. The monoisotopic (exact) mass is 406 g/mol. The molecule has 1 aromatic heterocycles. The Bertz CT molecular complexity index is 395. The zero-order chi connectivity index (χ0) is 14.6. The summed E-state index contributed by atoms with van der Waals surface area (Å²) in [6.45, 7) is 7.28.